The van der Waals surface area contributed by atoms with E-state index in [4.69, 9.17) is 15.3 Å². The van der Waals surface area contributed by atoms with Crippen LogP contribution in [0.3, 0.4) is 0 Å². The van der Waals surface area contributed by atoms with Gasteiger partial charge in [-0.25, -0.2) is 0 Å². The largest absolute Gasteiger partial charge is 0.480 e. The summed E-state index contributed by atoms with van der Waals surface area (Å²) < 4.78 is 78.3. The maximum Gasteiger partial charge on any atom is 0.416 e. The molecule has 0 fully saturated rings. The molecular formula is C23H30F6N4O8. The summed E-state index contributed by atoms with van der Waals surface area (Å²) in [7, 11) is 0. The van der Waals surface area contributed by atoms with Crippen molar-refractivity contribution in [2.45, 2.75) is 18.9 Å². The van der Waals surface area contributed by atoms with Crippen LogP contribution in [0.2, 0.25) is 0 Å². The fourth-order valence-corrected chi connectivity index (χ4v) is 3.68. The average molecular weight is 605 g/mol. The summed E-state index contributed by atoms with van der Waals surface area (Å²) in [6.07, 6.45) is -10.0. The van der Waals surface area contributed by atoms with Crippen molar-refractivity contribution >= 4 is 23.9 Å². The lowest BCUT2D eigenvalue weighted by Crippen LogP contribution is -2.45. The van der Waals surface area contributed by atoms with E-state index < -0.39 is 73.5 Å². The lowest BCUT2D eigenvalue weighted by Gasteiger charge is -2.28. The van der Waals surface area contributed by atoms with Gasteiger partial charge in [0.25, 0.3) is 0 Å². The Morgan fingerprint density at radius 2 is 0.927 bits per heavy atom. The highest BCUT2D eigenvalue weighted by atomic mass is 19.4. The van der Waals surface area contributed by atoms with Gasteiger partial charge >= 0.3 is 36.2 Å². The van der Waals surface area contributed by atoms with Crippen LogP contribution in [0.15, 0.2) is 18.2 Å². The van der Waals surface area contributed by atoms with Crippen LogP contribution in [0.5, 0.6) is 0 Å². The molecule has 0 aliphatic carbocycles. The Bertz CT molecular complexity index is 1010. The maximum atomic E-state index is 13.0. The van der Waals surface area contributed by atoms with Crippen molar-refractivity contribution < 1.29 is 65.9 Å². The number of nitrogens with one attached hydrogen (secondary N) is 1. The molecule has 0 heterocycles. The summed E-state index contributed by atoms with van der Waals surface area (Å²) in [4.78, 5) is 48.2. The Morgan fingerprint density at radius 3 is 1.29 bits per heavy atom. The summed E-state index contributed by atoms with van der Waals surface area (Å²) in [6.45, 7) is -2.97. The predicted octanol–water partition coefficient (Wildman–Crippen LogP) is 1.06. The smallest absolute Gasteiger partial charge is 0.416 e. The van der Waals surface area contributed by atoms with Gasteiger partial charge in [0.2, 0.25) is 0 Å². The van der Waals surface area contributed by atoms with E-state index in [0.717, 1.165) is 4.90 Å². The van der Waals surface area contributed by atoms with Gasteiger partial charge in [-0.3, -0.25) is 33.9 Å². The van der Waals surface area contributed by atoms with Crippen LogP contribution in [0.25, 0.3) is 0 Å². The Hall–Kier alpha value is -3.48. The standard InChI is InChI=1S/C23H30F6N4O8/c24-22(25,26)16-7-15(8-17(9-16)23(27,28)29)10-30-1-2-31(11-18(34)35)3-4-32(12-19(36)37)5-6-33(13-20(38)39)14-21(40)41/h7-9,30H,1-6,10-14H2,(H,34,35)(H,36,37)(H,38,39)(H,40,41). The molecule has 18 heteroatoms. The number of alkyl halides is 6. The van der Waals surface area contributed by atoms with Gasteiger partial charge in [0.15, 0.2) is 0 Å². The monoisotopic (exact) mass is 604 g/mol. The minimum atomic E-state index is -5.01. The molecule has 0 atom stereocenters. The second-order valence-electron chi connectivity index (χ2n) is 8.93. The van der Waals surface area contributed by atoms with Gasteiger partial charge in [0.1, 0.15) is 0 Å². The number of hydrogen-bond donors (Lipinski definition) is 5. The molecule has 0 saturated heterocycles. The quantitative estimate of drug-likeness (QED) is 0.113. The molecule has 1 aromatic rings. The Kier molecular flexibility index (Phi) is 13.9. The third kappa shape index (κ3) is 15.2. The topological polar surface area (TPSA) is 171 Å². The fourth-order valence-electron chi connectivity index (χ4n) is 3.68. The van der Waals surface area contributed by atoms with Crippen LogP contribution in [0.4, 0.5) is 26.3 Å². The third-order valence-corrected chi connectivity index (χ3v) is 5.48. The van der Waals surface area contributed by atoms with E-state index in [1.54, 1.807) is 0 Å². The van der Waals surface area contributed by atoms with Gasteiger partial charge in [-0.15, -0.1) is 0 Å². The number of nitrogens with zero attached hydrogens (tertiary/aromatic N) is 3. The van der Waals surface area contributed by atoms with Crippen molar-refractivity contribution in [3.63, 3.8) is 0 Å². The number of halogens is 6. The number of rotatable bonds is 19. The second-order valence-corrected chi connectivity index (χ2v) is 8.93. The summed E-state index contributed by atoms with van der Waals surface area (Å²) in [5.41, 5.74) is -3.24. The third-order valence-electron chi connectivity index (χ3n) is 5.48. The second kappa shape index (κ2) is 16.1. The van der Waals surface area contributed by atoms with Crippen LogP contribution in [0, 0.1) is 0 Å². The molecule has 5 N–H and O–H groups in total. The minimum Gasteiger partial charge on any atom is -0.480 e. The lowest BCUT2D eigenvalue weighted by molar-refractivity contribution is -0.144. The van der Waals surface area contributed by atoms with Gasteiger partial charge in [-0.1, -0.05) is 0 Å². The maximum absolute atomic E-state index is 13.0. The zero-order valence-corrected chi connectivity index (χ0v) is 21.5. The average Bonchev–Trinajstić information content (AvgIpc) is 2.80. The molecule has 0 aromatic heterocycles. The van der Waals surface area contributed by atoms with Gasteiger partial charge in [0.05, 0.1) is 37.3 Å². The zero-order valence-electron chi connectivity index (χ0n) is 21.5. The Morgan fingerprint density at radius 1 is 0.585 bits per heavy atom. The Labute approximate surface area is 229 Å². The summed E-state index contributed by atoms with van der Waals surface area (Å²) in [6, 6.07) is 1.14. The summed E-state index contributed by atoms with van der Waals surface area (Å²) >= 11 is 0. The van der Waals surface area contributed by atoms with Gasteiger partial charge in [-0.05, 0) is 23.8 Å². The van der Waals surface area contributed by atoms with Gasteiger partial charge < -0.3 is 25.7 Å². The normalized spacial score (nSPS) is 12.3. The molecule has 0 spiro atoms. The number of aliphatic carboxylic acids is 4. The molecule has 0 unspecified atom stereocenters. The molecule has 232 valence electrons. The molecule has 0 saturated carbocycles. The number of carboxylic acids is 4. The van der Waals surface area contributed by atoms with Crippen molar-refractivity contribution in [2.24, 2.45) is 0 Å². The molecule has 0 bridgehead atoms. The number of carbonyl (C=O) groups is 4. The molecule has 0 radical (unpaired) electrons. The first-order valence-corrected chi connectivity index (χ1v) is 11.9. The van der Waals surface area contributed by atoms with Crippen LogP contribution in [0.1, 0.15) is 16.7 Å². The summed E-state index contributed by atoms with van der Waals surface area (Å²) in [5, 5.41) is 38.9. The molecule has 12 nitrogen and oxygen atoms in total. The SMILES string of the molecule is O=C(O)CN(CCNCc1cc(C(F)(F)F)cc(C(F)(F)F)c1)CCN(CCN(CC(=O)O)CC(=O)O)CC(=O)O. The molecule has 0 aliphatic rings. The van der Waals surface area contributed by atoms with E-state index in [1.807, 2.05) is 0 Å². The molecule has 1 rings (SSSR count). The van der Waals surface area contributed by atoms with Crippen molar-refractivity contribution in [1.29, 1.82) is 0 Å². The van der Waals surface area contributed by atoms with E-state index in [2.05, 4.69) is 5.32 Å². The van der Waals surface area contributed by atoms with E-state index in [1.165, 1.54) is 9.80 Å². The predicted molar refractivity (Wildman–Crippen MR) is 128 cm³/mol. The molecular weight excluding hydrogens is 574 g/mol. The fraction of sp³-hybridized carbons (Fsp3) is 0.565. The Balaban J connectivity index is 2.81. The lowest BCUT2D eigenvalue weighted by atomic mass is 10.0. The van der Waals surface area contributed by atoms with E-state index in [9.17, 15) is 50.6 Å². The highest BCUT2D eigenvalue weighted by Gasteiger charge is 2.36. The first kappa shape index (κ1) is 35.5. The highest BCUT2D eigenvalue weighted by Crippen LogP contribution is 2.36. The first-order valence-electron chi connectivity index (χ1n) is 11.9. The number of benzene rings is 1. The first-order chi connectivity index (χ1) is 18.9. The van der Waals surface area contributed by atoms with Crippen molar-refractivity contribution in [3.05, 3.63) is 34.9 Å². The van der Waals surface area contributed by atoms with E-state index in [-0.39, 0.29) is 57.4 Å². The molecule has 0 aliphatic heterocycles. The molecule has 0 amide bonds. The van der Waals surface area contributed by atoms with Crippen molar-refractivity contribution in [2.75, 3.05) is 65.4 Å². The van der Waals surface area contributed by atoms with Crippen LogP contribution < -0.4 is 5.32 Å². The van der Waals surface area contributed by atoms with E-state index in [0.29, 0.717) is 12.1 Å². The number of hydrogen-bond acceptors (Lipinski definition) is 8. The van der Waals surface area contributed by atoms with Gasteiger partial charge in [-0.2, -0.15) is 26.3 Å². The van der Waals surface area contributed by atoms with Gasteiger partial charge in [0, 0.05) is 45.8 Å². The minimum absolute atomic E-state index is 0.00351. The van der Waals surface area contributed by atoms with Crippen molar-refractivity contribution in [3.8, 4) is 0 Å². The van der Waals surface area contributed by atoms with Crippen molar-refractivity contribution in [1.82, 2.24) is 20.0 Å². The number of carboxylic acid groups (broad SMARTS) is 4. The van der Waals surface area contributed by atoms with Crippen LogP contribution in [-0.4, -0.2) is 124 Å². The van der Waals surface area contributed by atoms with Crippen LogP contribution in [-0.2, 0) is 38.1 Å². The summed E-state index contributed by atoms with van der Waals surface area (Å²) in [5.74, 6) is -5.10. The highest BCUT2D eigenvalue weighted by molar-refractivity contribution is 5.72. The molecule has 41 heavy (non-hydrogen) atoms. The molecule has 1 aromatic carbocycles. The zero-order chi connectivity index (χ0) is 31.4. The van der Waals surface area contributed by atoms with E-state index >= 15 is 0 Å². The van der Waals surface area contributed by atoms with Crippen LogP contribution >= 0.6 is 0 Å².